The van der Waals surface area contributed by atoms with Gasteiger partial charge in [0.2, 0.25) is 0 Å². The van der Waals surface area contributed by atoms with Crippen molar-refractivity contribution in [3.63, 3.8) is 0 Å². The van der Waals surface area contributed by atoms with Crippen LogP contribution in [0.25, 0.3) is 5.03 Å². The first kappa shape index (κ1) is 28.3. The highest BCUT2D eigenvalue weighted by Gasteiger charge is 2.52. The highest BCUT2D eigenvalue weighted by Crippen LogP contribution is 2.63. The average Bonchev–Trinajstić information content (AvgIpc) is 2.99. The van der Waals surface area contributed by atoms with E-state index >= 15 is 0 Å². The summed E-state index contributed by atoms with van der Waals surface area (Å²) < 4.78 is 13.9. The van der Waals surface area contributed by atoms with Crippen molar-refractivity contribution in [2.24, 2.45) is 0 Å². The second kappa shape index (κ2) is 12.9. The summed E-state index contributed by atoms with van der Waals surface area (Å²) in [5.74, 6) is -0.628. The van der Waals surface area contributed by atoms with Crippen LogP contribution in [0, 0.1) is 5.82 Å². The van der Waals surface area contributed by atoms with Crippen molar-refractivity contribution in [1.82, 2.24) is 5.32 Å². The van der Waals surface area contributed by atoms with Crippen LogP contribution in [-0.4, -0.2) is 5.91 Å². The molecule has 0 atom stereocenters. The molecule has 194 valence electrons. The lowest BCUT2D eigenvalue weighted by Gasteiger charge is -2.30. The smallest absolute Gasteiger partial charge is 0.258 e. The molecule has 0 aliphatic heterocycles. The fourth-order valence-electron chi connectivity index (χ4n) is 4.58. The van der Waals surface area contributed by atoms with Crippen molar-refractivity contribution in [1.29, 1.82) is 0 Å². The Balaban J connectivity index is 0.00000353. The first-order chi connectivity index (χ1) is 18.6. The number of halogens is 3. The van der Waals surface area contributed by atoms with Crippen molar-refractivity contribution in [2.75, 3.05) is 0 Å². The maximum absolute atomic E-state index is 13.9. The summed E-state index contributed by atoms with van der Waals surface area (Å²) >= 11 is 7.26. The highest BCUT2D eigenvalue weighted by atomic mass is 35.5. The molecule has 1 N–H and O–H groups in total. The third-order valence-electron chi connectivity index (χ3n) is 6.34. The number of nitrogens with one attached hydrogen (secondary N) is 1. The molecule has 0 spiro atoms. The van der Waals surface area contributed by atoms with Crippen LogP contribution in [0.4, 0.5) is 4.39 Å². The van der Waals surface area contributed by atoms with Crippen LogP contribution in [0.2, 0.25) is 0 Å². The van der Waals surface area contributed by atoms with E-state index < -0.39 is 7.26 Å². The maximum atomic E-state index is 13.9. The third-order valence-corrected chi connectivity index (χ3v) is 11.1. The molecule has 0 bridgehead atoms. The Kier molecular flexibility index (Phi) is 9.32. The molecule has 5 aromatic rings. The first-order valence-corrected chi connectivity index (χ1v) is 14.4. The molecule has 5 rings (SSSR count). The normalized spacial score (nSPS) is 11.6. The number of benzene rings is 5. The lowest BCUT2D eigenvalue weighted by Crippen LogP contribution is -2.38. The Morgan fingerprint density at radius 3 is 1.36 bits per heavy atom. The van der Waals surface area contributed by atoms with Gasteiger partial charge in [-0.25, -0.2) is 4.39 Å². The van der Waals surface area contributed by atoms with Crippen LogP contribution in [0.5, 0.6) is 0 Å². The number of carbonyl (C=O) groups excluding carboxylic acids is 1. The summed E-state index contributed by atoms with van der Waals surface area (Å²) in [4.78, 5) is 13.7. The molecule has 0 saturated heterocycles. The molecule has 0 fully saturated rings. The van der Waals surface area contributed by atoms with Gasteiger partial charge in [-0.15, -0.1) is 12.4 Å². The number of hydrogen-bond acceptors (Lipinski definition) is 1. The number of rotatable bonds is 7. The van der Waals surface area contributed by atoms with E-state index in [0.717, 1.165) is 15.9 Å². The summed E-state index contributed by atoms with van der Waals surface area (Å²) in [6, 6.07) is 45.5. The zero-order valence-corrected chi connectivity index (χ0v) is 23.3. The summed E-state index contributed by atoms with van der Waals surface area (Å²) in [5, 5.41) is 6.69. The molecule has 5 aromatic carbocycles. The summed E-state index contributed by atoms with van der Waals surface area (Å²) in [6.07, 6.45) is 0. The van der Waals surface area contributed by atoms with Crippen molar-refractivity contribution < 1.29 is 9.18 Å². The molecule has 6 heteroatoms. The van der Waals surface area contributed by atoms with Gasteiger partial charge in [-0.05, 0) is 66.2 Å². The van der Waals surface area contributed by atoms with Gasteiger partial charge in [0.25, 0.3) is 5.91 Å². The van der Waals surface area contributed by atoms with Gasteiger partial charge in [-0.1, -0.05) is 96.5 Å². The Morgan fingerprint density at radius 2 is 0.949 bits per heavy atom. The van der Waals surface area contributed by atoms with Gasteiger partial charge in [-0.2, -0.15) is 0 Å². The molecule has 0 unspecified atom stereocenters. The molecule has 0 radical (unpaired) electrons. The van der Waals surface area contributed by atoms with Gasteiger partial charge < -0.3 is 0 Å². The van der Waals surface area contributed by atoms with Gasteiger partial charge in [0, 0.05) is 5.56 Å². The van der Waals surface area contributed by atoms with Crippen molar-refractivity contribution in [3.8, 4) is 0 Å². The zero-order valence-electron chi connectivity index (χ0n) is 20.9. The lowest BCUT2D eigenvalue weighted by molar-refractivity contribution is 0.0969. The van der Waals surface area contributed by atoms with Crippen LogP contribution >= 0.6 is 31.3 Å². The van der Waals surface area contributed by atoms with Gasteiger partial charge >= 0.3 is 0 Å². The average molecular weight is 573 g/mol. The topological polar surface area (TPSA) is 29.1 Å². The van der Waals surface area contributed by atoms with Crippen molar-refractivity contribution >= 4 is 58.1 Å². The Bertz CT molecular complexity index is 1450. The van der Waals surface area contributed by atoms with E-state index in [1.165, 1.54) is 12.1 Å². The summed E-state index contributed by atoms with van der Waals surface area (Å²) in [5.41, 5.74) is 1.72. The van der Waals surface area contributed by atoms with E-state index in [9.17, 15) is 9.18 Å². The van der Waals surface area contributed by atoms with E-state index in [4.69, 9.17) is 11.6 Å². The highest BCUT2D eigenvalue weighted by molar-refractivity contribution is 7.99. The lowest BCUT2D eigenvalue weighted by atomic mass is 10.2. The van der Waals surface area contributed by atoms with Crippen molar-refractivity contribution in [3.05, 3.63) is 168 Å². The van der Waals surface area contributed by atoms with Crippen LogP contribution in [0.1, 0.15) is 15.9 Å². The van der Waals surface area contributed by atoms with Gasteiger partial charge in [0.15, 0.2) is 12.7 Å². The molecule has 0 heterocycles. The Labute approximate surface area is 239 Å². The van der Waals surface area contributed by atoms with Gasteiger partial charge in [0.1, 0.15) is 26.8 Å². The van der Waals surface area contributed by atoms with E-state index in [2.05, 4.69) is 41.7 Å². The van der Waals surface area contributed by atoms with Crippen LogP contribution in [-0.2, 0) is 0 Å². The fourth-order valence-corrected chi connectivity index (χ4v) is 9.35. The molecule has 0 saturated carbocycles. The van der Waals surface area contributed by atoms with E-state index in [1.54, 1.807) is 24.3 Å². The summed E-state index contributed by atoms with van der Waals surface area (Å²) in [7, 11) is -2.75. The molecule has 39 heavy (non-hydrogen) atoms. The van der Waals surface area contributed by atoms with E-state index in [0.29, 0.717) is 21.6 Å². The quantitative estimate of drug-likeness (QED) is 0.200. The first-order valence-electron chi connectivity index (χ1n) is 12.2. The minimum Gasteiger partial charge on any atom is -0.291 e. The van der Waals surface area contributed by atoms with Crippen molar-refractivity contribution in [2.45, 2.75) is 0 Å². The molecule has 1 amide bonds. The number of carbonyl (C=O) groups is 1. The monoisotopic (exact) mass is 572 g/mol. The predicted octanol–water partition coefficient (Wildman–Crippen LogP) is 7.54. The standard InChI is InChI=1S/C33H24ClFNOP.ClH/c34-31(25-21-23-27(35)24-22-25)33(36-32(37)26-13-5-1-6-14-26)38(28-15-7-2-8-16-28,29-17-9-3-10-18-29)30-19-11-4-12-20-30;/h1-24H;1H/p+1/b33-31+;. The van der Waals surface area contributed by atoms with Crippen LogP contribution < -0.4 is 21.2 Å². The van der Waals surface area contributed by atoms with Gasteiger partial charge in [0.05, 0.1) is 0 Å². The molecule has 0 aromatic heterocycles. The predicted molar refractivity (Wildman–Crippen MR) is 165 cm³/mol. The Hall–Kier alpha value is -3.75. The second-order valence-corrected chi connectivity index (χ2v) is 12.4. The summed E-state index contributed by atoms with van der Waals surface area (Å²) in [6.45, 7) is 0. The molecular weight excluding hydrogens is 547 g/mol. The second-order valence-electron chi connectivity index (χ2n) is 8.67. The fraction of sp³-hybridized carbons (Fsp3) is 0. The largest absolute Gasteiger partial charge is 0.291 e. The van der Waals surface area contributed by atoms with Crippen LogP contribution in [0.3, 0.4) is 0 Å². The van der Waals surface area contributed by atoms with E-state index in [-0.39, 0.29) is 24.1 Å². The van der Waals surface area contributed by atoms with Gasteiger partial charge in [-0.3, -0.25) is 10.1 Å². The van der Waals surface area contributed by atoms with Crippen LogP contribution in [0.15, 0.2) is 151 Å². The minimum atomic E-state index is -2.75. The Morgan fingerprint density at radius 1 is 0.564 bits per heavy atom. The number of hydrogen-bond donors (Lipinski definition) is 1. The SMILES string of the molecule is Cl.O=C(N/C(=C(\Cl)c1ccc(F)cc1)[P+](c1ccccc1)(c1ccccc1)c1ccccc1)c1ccccc1. The zero-order chi connectivity index (χ0) is 26.4. The number of amides is 1. The van der Waals surface area contributed by atoms with E-state index in [1.807, 2.05) is 72.8 Å². The molecule has 0 aliphatic carbocycles. The molecule has 0 aliphatic rings. The molecule has 2 nitrogen and oxygen atoms in total. The third kappa shape index (κ3) is 5.82. The maximum Gasteiger partial charge on any atom is 0.258 e. The minimum absolute atomic E-state index is 0. The molecular formula is C33H26Cl2FNOP+.